The molecule has 0 aliphatic carbocycles. The van der Waals surface area contributed by atoms with E-state index in [-0.39, 0.29) is 0 Å². The van der Waals surface area contributed by atoms with Crippen molar-refractivity contribution in [3.63, 3.8) is 0 Å². The van der Waals surface area contributed by atoms with Crippen LogP contribution in [-0.2, 0) is 16.0 Å². The van der Waals surface area contributed by atoms with Gasteiger partial charge in [-0.05, 0) is 6.92 Å². The number of methoxy groups -OCH3 is 1. The zero-order chi connectivity index (χ0) is 10.9. The second-order valence-electron chi connectivity index (χ2n) is 3.15. The van der Waals surface area contributed by atoms with Crippen LogP contribution in [-0.4, -0.2) is 38.5 Å². The van der Waals surface area contributed by atoms with Gasteiger partial charge < -0.3 is 19.2 Å². The van der Waals surface area contributed by atoms with E-state index in [1.165, 1.54) is 0 Å². The molecule has 1 N–H and O–H groups in total. The molecule has 0 atom stereocenters. The van der Waals surface area contributed by atoms with Crippen LogP contribution in [0.1, 0.15) is 11.7 Å². The minimum absolute atomic E-state index is 0.635. The lowest BCUT2D eigenvalue weighted by Gasteiger charge is -2.03. The fourth-order valence-electron chi connectivity index (χ4n) is 1.07. The number of aromatic nitrogens is 1. The Hall–Kier alpha value is -0.910. The molecule has 0 bridgehead atoms. The SMILES string of the molecule is COCCOCCNCc1ncc(C)o1. The van der Waals surface area contributed by atoms with E-state index < -0.39 is 0 Å². The van der Waals surface area contributed by atoms with Crippen LogP contribution in [0.2, 0.25) is 0 Å². The van der Waals surface area contributed by atoms with Crippen molar-refractivity contribution in [1.29, 1.82) is 0 Å². The van der Waals surface area contributed by atoms with Crippen molar-refractivity contribution in [2.24, 2.45) is 0 Å². The van der Waals surface area contributed by atoms with Crippen LogP contribution in [0.5, 0.6) is 0 Å². The van der Waals surface area contributed by atoms with Crippen molar-refractivity contribution in [3.8, 4) is 0 Å². The summed E-state index contributed by atoms with van der Waals surface area (Å²) in [6.07, 6.45) is 1.71. The van der Waals surface area contributed by atoms with Gasteiger partial charge in [0.1, 0.15) is 5.76 Å². The predicted molar refractivity (Wildman–Crippen MR) is 55.6 cm³/mol. The number of oxazole rings is 1. The summed E-state index contributed by atoms with van der Waals surface area (Å²) in [5, 5.41) is 3.17. The Bertz CT molecular complexity index is 263. The quantitative estimate of drug-likeness (QED) is 0.647. The maximum atomic E-state index is 5.29. The first-order valence-corrected chi connectivity index (χ1v) is 5.01. The number of hydrogen-bond acceptors (Lipinski definition) is 5. The summed E-state index contributed by atoms with van der Waals surface area (Å²) >= 11 is 0. The third kappa shape index (κ3) is 5.51. The molecule has 1 heterocycles. The molecular formula is C10H18N2O3. The molecule has 5 heteroatoms. The normalized spacial score (nSPS) is 10.8. The maximum absolute atomic E-state index is 5.29. The van der Waals surface area contributed by atoms with E-state index in [2.05, 4.69) is 10.3 Å². The van der Waals surface area contributed by atoms with Crippen LogP contribution in [0, 0.1) is 6.92 Å². The van der Waals surface area contributed by atoms with Crippen LogP contribution in [0.3, 0.4) is 0 Å². The van der Waals surface area contributed by atoms with Gasteiger partial charge in [0.05, 0.1) is 32.6 Å². The Morgan fingerprint density at radius 3 is 2.93 bits per heavy atom. The molecule has 5 nitrogen and oxygen atoms in total. The Kier molecular flexibility index (Phi) is 5.99. The van der Waals surface area contributed by atoms with Gasteiger partial charge in [-0.3, -0.25) is 0 Å². The summed E-state index contributed by atoms with van der Waals surface area (Å²) in [5.41, 5.74) is 0. The van der Waals surface area contributed by atoms with Gasteiger partial charge >= 0.3 is 0 Å². The molecule has 15 heavy (non-hydrogen) atoms. The van der Waals surface area contributed by atoms with E-state index in [1.807, 2.05) is 6.92 Å². The highest BCUT2D eigenvalue weighted by atomic mass is 16.5. The van der Waals surface area contributed by atoms with Crippen LogP contribution < -0.4 is 5.32 Å². The smallest absolute Gasteiger partial charge is 0.208 e. The molecule has 0 aliphatic rings. The average Bonchev–Trinajstić information content (AvgIpc) is 2.63. The largest absolute Gasteiger partial charge is 0.445 e. The fourth-order valence-corrected chi connectivity index (χ4v) is 1.07. The monoisotopic (exact) mass is 214 g/mol. The second kappa shape index (κ2) is 7.39. The van der Waals surface area contributed by atoms with Crippen LogP contribution in [0.15, 0.2) is 10.6 Å². The number of rotatable bonds is 8. The lowest BCUT2D eigenvalue weighted by molar-refractivity contribution is 0.0717. The molecule has 0 saturated heterocycles. The lowest BCUT2D eigenvalue weighted by Crippen LogP contribution is -2.20. The summed E-state index contributed by atoms with van der Waals surface area (Å²) in [6.45, 7) is 5.25. The fraction of sp³-hybridized carbons (Fsp3) is 0.700. The highest BCUT2D eigenvalue weighted by Gasteiger charge is 1.98. The summed E-state index contributed by atoms with van der Waals surface area (Å²) in [6, 6.07) is 0. The first kappa shape index (κ1) is 12.2. The van der Waals surface area contributed by atoms with E-state index >= 15 is 0 Å². The molecule has 0 fully saturated rings. The first-order chi connectivity index (χ1) is 7.33. The molecule has 86 valence electrons. The second-order valence-corrected chi connectivity index (χ2v) is 3.15. The molecule has 1 aromatic heterocycles. The number of ether oxygens (including phenoxy) is 2. The summed E-state index contributed by atoms with van der Waals surface area (Å²) in [4.78, 5) is 4.07. The molecule has 0 amide bonds. The van der Waals surface area contributed by atoms with E-state index in [1.54, 1.807) is 13.3 Å². The molecule has 0 aromatic carbocycles. The van der Waals surface area contributed by atoms with E-state index in [9.17, 15) is 0 Å². The third-order valence-corrected chi connectivity index (χ3v) is 1.80. The molecule has 0 saturated carbocycles. The van der Waals surface area contributed by atoms with Crippen LogP contribution in [0.25, 0.3) is 0 Å². The predicted octanol–water partition coefficient (Wildman–Crippen LogP) is 0.736. The first-order valence-electron chi connectivity index (χ1n) is 5.01. The minimum Gasteiger partial charge on any atom is -0.445 e. The highest BCUT2D eigenvalue weighted by Crippen LogP contribution is 1.99. The van der Waals surface area contributed by atoms with Crippen molar-refractivity contribution < 1.29 is 13.9 Å². The van der Waals surface area contributed by atoms with Crippen LogP contribution in [0.4, 0.5) is 0 Å². The standard InChI is InChI=1S/C10H18N2O3/c1-9-7-12-10(15-9)8-11-3-4-14-6-5-13-2/h7,11H,3-6,8H2,1-2H3. The summed E-state index contributed by atoms with van der Waals surface area (Å²) < 4.78 is 15.4. The maximum Gasteiger partial charge on any atom is 0.208 e. The molecule has 0 unspecified atom stereocenters. The molecule has 1 aromatic rings. The summed E-state index contributed by atoms with van der Waals surface area (Å²) in [5.74, 6) is 1.55. The van der Waals surface area contributed by atoms with E-state index in [0.717, 1.165) is 12.3 Å². The minimum atomic E-state index is 0.635. The van der Waals surface area contributed by atoms with Gasteiger partial charge in [0.15, 0.2) is 0 Å². The average molecular weight is 214 g/mol. The lowest BCUT2D eigenvalue weighted by atomic mass is 10.6. The Morgan fingerprint density at radius 1 is 1.40 bits per heavy atom. The Balaban J connectivity index is 1.93. The molecule has 1 rings (SSSR count). The van der Waals surface area contributed by atoms with Gasteiger partial charge in [0.2, 0.25) is 5.89 Å². The van der Waals surface area contributed by atoms with Crippen molar-refractivity contribution >= 4 is 0 Å². The van der Waals surface area contributed by atoms with Gasteiger partial charge in [-0.2, -0.15) is 0 Å². The molecule has 0 spiro atoms. The van der Waals surface area contributed by atoms with Gasteiger partial charge in [-0.15, -0.1) is 0 Å². The van der Waals surface area contributed by atoms with Crippen molar-refractivity contribution in [2.75, 3.05) is 33.5 Å². The van der Waals surface area contributed by atoms with Gasteiger partial charge in [0, 0.05) is 13.7 Å². The van der Waals surface area contributed by atoms with Gasteiger partial charge in [-0.25, -0.2) is 4.98 Å². The van der Waals surface area contributed by atoms with Crippen LogP contribution >= 0.6 is 0 Å². The molecule has 0 radical (unpaired) electrons. The Morgan fingerprint density at radius 2 is 2.27 bits per heavy atom. The Labute approximate surface area is 89.8 Å². The van der Waals surface area contributed by atoms with E-state index in [4.69, 9.17) is 13.9 Å². The number of nitrogens with one attached hydrogen (secondary N) is 1. The van der Waals surface area contributed by atoms with E-state index in [0.29, 0.717) is 32.3 Å². The number of aryl methyl sites for hydroxylation is 1. The zero-order valence-electron chi connectivity index (χ0n) is 9.28. The highest BCUT2D eigenvalue weighted by molar-refractivity contribution is 4.90. The van der Waals surface area contributed by atoms with Crippen molar-refractivity contribution in [1.82, 2.24) is 10.3 Å². The van der Waals surface area contributed by atoms with Crippen molar-refractivity contribution in [2.45, 2.75) is 13.5 Å². The zero-order valence-corrected chi connectivity index (χ0v) is 9.28. The van der Waals surface area contributed by atoms with Gasteiger partial charge in [0.25, 0.3) is 0 Å². The molecule has 0 aliphatic heterocycles. The number of nitrogens with zero attached hydrogens (tertiary/aromatic N) is 1. The van der Waals surface area contributed by atoms with Gasteiger partial charge in [-0.1, -0.05) is 0 Å². The van der Waals surface area contributed by atoms with Crippen molar-refractivity contribution in [3.05, 3.63) is 17.8 Å². The molecular weight excluding hydrogens is 196 g/mol. The topological polar surface area (TPSA) is 56.5 Å². The summed E-state index contributed by atoms with van der Waals surface area (Å²) in [7, 11) is 1.66. The number of hydrogen-bond donors (Lipinski definition) is 1. The third-order valence-electron chi connectivity index (χ3n) is 1.80.